The van der Waals surface area contributed by atoms with Gasteiger partial charge in [0, 0.05) is 55.3 Å². The maximum absolute atomic E-state index is 12.0. The fourth-order valence-electron chi connectivity index (χ4n) is 5.00. The number of ether oxygens (including phenoxy) is 1. The number of piperazine rings is 1. The van der Waals surface area contributed by atoms with Crippen molar-refractivity contribution in [3.05, 3.63) is 59.7 Å². The van der Waals surface area contributed by atoms with Crippen molar-refractivity contribution in [3.63, 3.8) is 0 Å². The van der Waals surface area contributed by atoms with Crippen LogP contribution in [0.5, 0.6) is 5.88 Å². The first-order valence-electron chi connectivity index (χ1n) is 12.5. The minimum absolute atomic E-state index is 0.0171. The third kappa shape index (κ3) is 5.30. The number of nitrogens with zero attached hydrogens (tertiary/aromatic N) is 3. The molecule has 3 heterocycles. The van der Waals surface area contributed by atoms with Crippen LogP contribution in [-0.2, 0) is 11.2 Å². The predicted octanol–water partition coefficient (Wildman–Crippen LogP) is 4.30. The van der Waals surface area contributed by atoms with Crippen LogP contribution in [-0.4, -0.2) is 60.9 Å². The number of carbonyl (C=O) groups is 2. The molecular weight excluding hydrogens is 440 g/mol. The summed E-state index contributed by atoms with van der Waals surface area (Å²) in [5.74, 6) is 1.34. The number of hydrogen-bond donors (Lipinski definition) is 1. The lowest BCUT2D eigenvalue weighted by molar-refractivity contribution is -0.116. The zero-order valence-corrected chi connectivity index (χ0v) is 20.3. The first-order valence-corrected chi connectivity index (χ1v) is 12.5. The van der Waals surface area contributed by atoms with Gasteiger partial charge in [0.25, 0.3) is 0 Å². The van der Waals surface area contributed by atoms with Gasteiger partial charge in [-0.1, -0.05) is 24.3 Å². The molecule has 182 valence electrons. The Bertz CT molecular complexity index is 1230. The average molecular weight is 473 g/mol. The van der Waals surface area contributed by atoms with Gasteiger partial charge in [-0.25, -0.2) is 0 Å². The van der Waals surface area contributed by atoms with Gasteiger partial charge in [0.05, 0.1) is 6.61 Å². The Morgan fingerprint density at radius 1 is 0.971 bits per heavy atom. The summed E-state index contributed by atoms with van der Waals surface area (Å²) in [6, 6.07) is 16.2. The van der Waals surface area contributed by atoms with Crippen LogP contribution in [0.3, 0.4) is 0 Å². The minimum atomic E-state index is 0.0171. The van der Waals surface area contributed by atoms with E-state index in [1.165, 1.54) is 5.69 Å². The molecule has 2 aliphatic rings. The molecule has 7 nitrogen and oxygen atoms in total. The number of benzene rings is 2. The number of aryl methyl sites for hydroxylation is 1. The topological polar surface area (TPSA) is 74.8 Å². The SMILES string of the molecule is CC(=O)c1ccc(N2CCN(CCCCOc3ccc4c(n3)NC(=O)CC4)CC2)c2ccccc12. The number of anilines is 2. The van der Waals surface area contributed by atoms with Gasteiger partial charge in [0.1, 0.15) is 5.82 Å². The monoisotopic (exact) mass is 472 g/mol. The van der Waals surface area contributed by atoms with Crippen molar-refractivity contribution in [2.45, 2.75) is 32.6 Å². The largest absolute Gasteiger partial charge is 0.478 e. The average Bonchev–Trinajstić information content (AvgIpc) is 2.88. The third-order valence-corrected chi connectivity index (χ3v) is 6.94. The van der Waals surface area contributed by atoms with E-state index >= 15 is 0 Å². The standard InChI is InChI=1S/C28H32N4O3/c1-20(33)22-10-11-25(24-7-3-2-6-23(22)24)32-17-15-31(16-18-32)14-4-5-19-35-27-13-9-21-8-12-26(34)29-28(21)30-27/h2-3,6-7,9-11,13H,4-5,8,12,14-19H2,1H3,(H,29,30,34). The molecule has 7 heteroatoms. The number of nitrogens with one attached hydrogen (secondary N) is 1. The lowest BCUT2D eigenvalue weighted by Crippen LogP contribution is -2.46. The summed E-state index contributed by atoms with van der Waals surface area (Å²) in [5.41, 5.74) is 3.08. The zero-order chi connectivity index (χ0) is 24.2. The van der Waals surface area contributed by atoms with Crippen LogP contribution >= 0.6 is 0 Å². The second kappa shape index (κ2) is 10.4. The molecule has 0 atom stereocenters. The van der Waals surface area contributed by atoms with Crippen molar-refractivity contribution in [2.75, 3.05) is 49.5 Å². The molecular formula is C28H32N4O3. The number of carbonyl (C=O) groups excluding carboxylic acids is 2. The second-order valence-electron chi connectivity index (χ2n) is 9.32. The number of Topliss-reactive ketones (excluding diaryl/α,β-unsaturated/α-hetero) is 1. The van der Waals surface area contributed by atoms with Crippen molar-refractivity contribution in [3.8, 4) is 5.88 Å². The molecule has 1 saturated heterocycles. The van der Waals surface area contributed by atoms with E-state index in [0.717, 1.165) is 73.9 Å². The molecule has 1 N–H and O–H groups in total. The molecule has 0 spiro atoms. The summed E-state index contributed by atoms with van der Waals surface area (Å²) >= 11 is 0. The summed E-state index contributed by atoms with van der Waals surface area (Å²) in [7, 11) is 0. The van der Waals surface area contributed by atoms with Crippen LogP contribution in [0.15, 0.2) is 48.5 Å². The van der Waals surface area contributed by atoms with E-state index in [1.807, 2.05) is 36.4 Å². The maximum Gasteiger partial charge on any atom is 0.225 e. The quantitative estimate of drug-likeness (QED) is 0.389. The molecule has 0 aliphatic carbocycles. The van der Waals surface area contributed by atoms with E-state index in [9.17, 15) is 9.59 Å². The highest BCUT2D eigenvalue weighted by Crippen LogP contribution is 2.30. The van der Waals surface area contributed by atoms with E-state index in [1.54, 1.807) is 6.92 Å². The lowest BCUT2D eigenvalue weighted by Gasteiger charge is -2.36. The zero-order valence-electron chi connectivity index (χ0n) is 20.3. The van der Waals surface area contributed by atoms with Crippen molar-refractivity contribution in [1.82, 2.24) is 9.88 Å². The second-order valence-corrected chi connectivity index (χ2v) is 9.32. The first-order chi connectivity index (χ1) is 17.1. The Labute approximate surface area is 206 Å². The number of fused-ring (bicyclic) bond motifs is 2. The normalized spacial score (nSPS) is 16.1. The molecule has 2 aliphatic heterocycles. The summed E-state index contributed by atoms with van der Waals surface area (Å²) < 4.78 is 5.83. The Hall–Kier alpha value is -3.45. The molecule has 0 bridgehead atoms. The minimum Gasteiger partial charge on any atom is -0.478 e. The number of aromatic nitrogens is 1. The Morgan fingerprint density at radius 3 is 2.57 bits per heavy atom. The molecule has 1 amide bonds. The number of unbranched alkanes of at least 4 members (excludes halogenated alkanes) is 1. The number of ketones is 1. The molecule has 1 fully saturated rings. The number of pyridine rings is 1. The van der Waals surface area contributed by atoms with Crippen LogP contribution in [0, 0.1) is 0 Å². The van der Waals surface area contributed by atoms with E-state index in [-0.39, 0.29) is 11.7 Å². The van der Waals surface area contributed by atoms with Gasteiger partial charge < -0.3 is 15.0 Å². The molecule has 1 aromatic heterocycles. The van der Waals surface area contributed by atoms with Crippen molar-refractivity contribution < 1.29 is 14.3 Å². The van der Waals surface area contributed by atoms with Crippen LogP contribution < -0.4 is 15.0 Å². The van der Waals surface area contributed by atoms with Gasteiger partial charge >= 0.3 is 0 Å². The Kier molecular flexibility index (Phi) is 6.95. The molecule has 5 rings (SSSR count). The fourth-order valence-corrected chi connectivity index (χ4v) is 5.00. The van der Waals surface area contributed by atoms with Crippen LogP contribution in [0.25, 0.3) is 10.8 Å². The van der Waals surface area contributed by atoms with Gasteiger partial charge in [-0.05, 0) is 61.9 Å². The molecule has 0 unspecified atom stereocenters. The Balaban J connectivity index is 1.08. The lowest BCUT2D eigenvalue weighted by atomic mass is 9.99. The summed E-state index contributed by atoms with van der Waals surface area (Å²) in [6.07, 6.45) is 3.29. The van der Waals surface area contributed by atoms with Gasteiger partial charge in [-0.3, -0.25) is 14.5 Å². The van der Waals surface area contributed by atoms with Crippen molar-refractivity contribution in [2.24, 2.45) is 0 Å². The van der Waals surface area contributed by atoms with Crippen LogP contribution in [0.1, 0.15) is 42.1 Å². The van der Waals surface area contributed by atoms with E-state index < -0.39 is 0 Å². The van der Waals surface area contributed by atoms with E-state index in [2.05, 4.69) is 32.2 Å². The molecule has 0 radical (unpaired) electrons. The van der Waals surface area contributed by atoms with Gasteiger partial charge in [0.2, 0.25) is 11.8 Å². The highest BCUT2D eigenvalue weighted by molar-refractivity contribution is 6.10. The van der Waals surface area contributed by atoms with Crippen molar-refractivity contribution >= 4 is 34.0 Å². The number of hydrogen-bond acceptors (Lipinski definition) is 6. The summed E-state index contributed by atoms with van der Waals surface area (Å²) in [4.78, 5) is 33.0. The molecule has 35 heavy (non-hydrogen) atoms. The molecule has 0 saturated carbocycles. The molecule has 3 aromatic rings. The van der Waals surface area contributed by atoms with Gasteiger partial charge in [-0.15, -0.1) is 0 Å². The van der Waals surface area contributed by atoms with Crippen LogP contribution in [0.2, 0.25) is 0 Å². The highest BCUT2D eigenvalue weighted by atomic mass is 16.5. The maximum atomic E-state index is 12.0. The number of rotatable bonds is 8. The fraction of sp³-hybridized carbons (Fsp3) is 0.393. The third-order valence-electron chi connectivity index (χ3n) is 6.94. The number of amides is 1. The predicted molar refractivity (Wildman–Crippen MR) is 139 cm³/mol. The van der Waals surface area contributed by atoms with Crippen molar-refractivity contribution in [1.29, 1.82) is 0 Å². The highest BCUT2D eigenvalue weighted by Gasteiger charge is 2.20. The van der Waals surface area contributed by atoms with E-state index in [0.29, 0.717) is 24.7 Å². The summed E-state index contributed by atoms with van der Waals surface area (Å²) in [6.45, 7) is 7.30. The first kappa shape index (κ1) is 23.3. The Morgan fingerprint density at radius 2 is 1.77 bits per heavy atom. The van der Waals surface area contributed by atoms with Gasteiger partial charge in [0.15, 0.2) is 5.78 Å². The van der Waals surface area contributed by atoms with Gasteiger partial charge in [-0.2, -0.15) is 4.98 Å². The smallest absolute Gasteiger partial charge is 0.225 e. The van der Waals surface area contributed by atoms with E-state index in [4.69, 9.17) is 4.74 Å². The summed E-state index contributed by atoms with van der Waals surface area (Å²) in [5, 5.41) is 5.01. The molecule has 2 aromatic carbocycles. The van der Waals surface area contributed by atoms with Crippen LogP contribution in [0.4, 0.5) is 11.5 Å².